The Labute approximate surface area is 111 Å². The summed E-state index contributed by atoms with van der Waals surface area (Å²) in [5.74, 6) is 1.69. The van der Waals surface area contributed by atoms with Gasteiger partial charge in [-0.2, -0.15) is 0 Å². The largest absolute Gasteiger partial charge is 0.440 e. The molecule has 0 radical (unpaired) electrons. The molecule has 2 rings (SSSR count). The van der Waals surface area contributed by atoms with Crippen molar-refractivity contribution in [3.8, 4) is 0 Å². The minimum absolute atomic E-state index is 0.696. The second-order valence-electron chi connectivity index (χ2n) is 3.98. The van der Waals surface area contributed by atoms with Gasteiger partial charge in [-0.05, 0) is 25.5 Å². The van der Waals surface area contributed by atoms with Crippen LogP contribution in [0.5, 0.6) is 0 Å². The minimum atomic E-state index is 0.696. The summed E-state index contributed by atoms with van der Waals surface area (Å²) < 4.78 is 5.29. The van der Waals surface area contributed by atoms with Crippen LogP contribution in [0, 0.1) is 6.92 Å². The van der Waals surface area contributed by atoms with Crippen molar-refractivity contribution >= 4 is 17.6 Å². The lowest BCUT2D eigenvalue weighted by molar-refractivity contribution is 0.454. The molecule has 0 atom stereocenters. The van der Waals surface area contributed by atoms with Gasteiger partial charge in [0.2, 0.25) is 0 Å². The molecular formula is C13H17N3OS. The van der Waals surface area contributed by atoms with Crippen LogP contribution in [0.15, 0.2) is 34.1 Å². The fourth-order valence-corrected chi connectivity index (χ4v) is 2.20. The van der Waals surface area contributed by atoms with E-state index in [0.717, 1.165) is 35.9 Å². The van der Waals surface area contributed by atoms with Crippen molar-refractivity contribution in [3.05, 3.63) is 35.9 Å². The van der Waals surface area contributed by atoms with Crippen LogP contribution in [-0.2, 0) is 5.75 Å². The van der Waals surface area contributed by atoms with E-state index in [4.69, 9.17) is 4.42 Å². The van der Waals surface area contributed by atoms with Crippen molar-refractivity contribution in [1.82, 2.24) is 9.97 Å². The Balaban J connectivity index is 1.92. The summed E-state index contributed by atoms with van der Waals surface area (Å²) in [6.45, 7) is 5.00. The number of rotatable bonds is 6. The average Bonchev–Trinajstić information content (AvgIpc) is 2.80. The first-order valence-electron chi connectivity index (χ1n) is 6.02. The van der Waals surface area contributed by atoms with E-state index >= 15 is 0 Å². The van der Waals surface area contributed by atoms with Crippen molar-refractivity contribution in [2.45, 2.75) is 31.2 Å². The molecular weight excluding hydrogens is 246 g/mol. The van der Waals surface area contributed by atoms with Gasteiger partial charge in [0.05, 0.1) is 11.4 Å². The molecule has 2 aromatic heterocycles. The molecule has 0 bridgehead atoms. The van der Waals surface area contributed by atoms with E-state index in [0.29, 0.717) is 5.22 Å². The lowest BCUT2D eigenvalue weighted by Crippen LogP contribution is -2.02. The molecule has 0 amide bonds. The normalized spacial score (nSPS) is 10.6. The van der Waals surface area contributed by atoms with E-state index in [1.807, 2.05) is 25.1 Å². The molecule has 2 aromatic rings. The van der Waals surface area contributed by atoms with Gasteiger partial charge in [-0.25, -0.2) is 9.97 Å². The number of oxazole rings is 1. The van der Waals surface area contributed by atoms with Gasteiger partial charge in [0.15, 0.2) is 0 Å². The highest BCUT2D eigenvalue weighted by atomic mass is 32.2. The lowest BCUT2D eigenvalue weighted by atomic mass is 10.3. The molecule has 5 heteroatoms. The van der Waals surface area contributed by atoms with Crippen molar-refractivity contribution in [1.29, 1.82) is 0 Å². The maximum absolute atomic E-state index is 5.29. The summed E-state index contributed by atoms with van der Waals surface area (Å²) in [6.07, 6.45) is 2.76. The van der Waals surface area contributed by atoms with E-state index in [9.17, 15) is 0 Å². The highest BCUT2D eigenvalue weighted by Gasteiger charge is 2.03. The van der Waals surface area contributed by atoms with Crippen LogP contribution in [0.25, 0.3) is 0 Å². The number of aromatic nitrogens is 2. The quantitative estimate of drug-likeness (QED) is 0.808. The van der Waals surface area contributed by atoms with Crippen molar-refractivity contribution in [3.63, 3.8) is 0 Å². The third-order valence-electron chi connectivity index (χ3n) is 2.30. The standard InChI is InChI=1S/C13H17N3OS/c1-3-7-14-12-6-4-5-11(16-12)9-18-13-15-10(2)8-17-13/h4-6,8H,3,7,9H2,1-2H3,(H,14,16). The van der Waals surface area contributed by atoms with Crippen LogP contribution in [0.2, 0.25) is 0 Å². The SMILES string of the molecule is CCCNc1cccc(CSc2nc(C)co2)n1. The topological polar surface area (TPSA) is 51.0 Å². The molecule has 0 fully saturated rings. The van der Waals surface area contributed by atoms with Crippen LogP contribution in [0.4, 0.5) is 5.82 Å². The first kappa shape index (κ1) is 13.0. The van der Waals surface area contributed by atoms with Gasteiger partial charge in [-0.1, -0.05) is 24.8 Å². The first-order chi connectivity index (χ1) is 8.78. The molecule has 18 heavy (non-hydrogen) atoms. The molecule has 1 N–H and O–H groups in total. The number of aryl methyl sites for hydroxylation is 1. The number of nitrogens with zero attached hydrogens (tertiary/aromatic N) is 2. The minimum Gasteiger partial charge on any atom is -0.440 e. The number of hydrogen-bond acceptors (Lipinski definition) is 5. The van der Waals surface area contributed by atoms with E-state index in [1.165, 1.54) is 0 Å². The van der Waals surface area contributed by atoms with E-state index in [-0.39, 0.29) is 0 Å². The van der Waals surface area contributed by atoms with Crippen LogP contribution in [0.1, 0.15) is 24.7 Å². The van der Waals surface area contributed by atoms with Gasteiger partial charge in [-0.3, -0.25) is 0 Å². The maximum Gasteiger partial charge on any atom is 0.256 e. The monoisotopic (exact) mass is 263 g/mol. The Morgan fingerprint density at radius 1 is 1.33 bits per heavy atom. The predicted molar refractivity (Wildman–Crippen MR) is 73.8 cm³/mol. The number of pyridine rings is 1. The average molecular weight is 263 g/mol. The lowest BCUT2D eigenvalue weighted by Gasteiger charge is -2.05. The van der Waals surface area contributed by atoms with Gasteiger partial charge in [0.1, 0.15) is 12.1 Å². The molecule has 96 valence electrons. The third kappa shape index (κ3) is 3.77. The maximum atomic E-state index is 5.29. The summed E-state index contributed by atoms with van der Waals surface area (Å²) >= 11 is 1.56. The number of anilines is 1. The highest BCUT2D eigenvalue weighted by Crippen LogP contribution is 2.21. The molecule has 0 unspecified atom stereocenters. The van der Waals surface area contributed by atoms with Crippen molar-refractivity contribution in [2.24, 2.45) is 0 Å². The van der Waals surface area contributed by atoms with Gasteiger partial charge in [0.25, 0.3) is 5.22 Å². The van der Waals surface area contributed by atoms with Gasteiger partial charge in [0, 0.05) is 12.3 Å². The van der Waals surface area contributed by atoms with E-state index < -0.39 is 0 Å². The first-order valence-corrected chi connectivity index (χ1v) is 7.01. The molecule has 0 saturated heterocycles. The summed E-state index contributed by atoms with van der Waals surface area (Å²) in [5, 5.41) is 3.97. The zero-order chi connectivity index (χ0) is 12.8. The second kappa shape index (κ2) is 6.44. The molecule has 0 aromatic carbocycles. The Morgan fingerprint density at radius 2 is 2.22 bits per heavy atom. The molecule has 2 heterocycles. The fourth-order valence-electron chi connectivity index (χ4n) is 1.45. The van der Waals surface area contributed by atoms with Gasteiger partial charge in [-0.15, -0.1) is 0 Å². The zero-order valence-corrected chi connectivity index (χ0v) is 11.5. The highest BCUT2D eigenvalue weighted by molar-refractivity contribution is 7.98. The zero-order valence-electron chi connectivity index (χ0n) is 10.6. The molecule has 0 aliphatic carbocycles. The van der Waals surface area contributed by atoms with Crippen LogP contribution < -0.4 is 5.32 Å². The van der Waals surface area contributed by atoms with Crippen LogP contribution in [0.3, 0.4) is 0 Å². The van der Waals surface area contributed by atoms with Crippen molar-refractivity contribution < 1.29 is 4.42 Å². The fraction of sp³-hybridized carbons (Fsp3) is 0.385. The van der Waals surface area contributed by atoms with Crippen LogP contribution in [-0.4, -0.2) is 16.5 Å². The molecule has 4 nitrogen and oxygen atoms in total. The smallest absolute Gasteiger partial charge is 0.256 e. The third-order valence-corrected chi connectivity index (χ3v) is 3.18. The summed E-state index contributed by atoms with van der Waals surface area (Å²) in [5.41, 5.74) is 1.93. The molecule has 0 spiro atoms. The molecule has 0 aliphatic heterocycles. The van der Waals surface area contributed by atoms with Crippen LogP contribution >= 0.6 is 11.8 Å². The second-order valence-corrected chi connectivity index (χ2v) is 4.91. The summed E-state index contributed by atoms with van der Waals surface area (Å²) in [6, 6.07) is 6.01. The molecule has 0 aliphatic rings. The summed E-state index contributed by atoms with van der Waals surface area (Å²) in [7, 11) is 0. The van der Waals surface area contributed by atoms with E-state index in [1.54, 1.807) is 18.0 Å². The van der Waals surface area contributed by atoms with Gasteiger partial charge < -0.3 is 9.73 Å². The van der Waals surface area contributed by atoms with Crippen molar-refractivity contribution in [2.75, 3.05) is 11.9 Å². The Bertz CT molecular complexity index is 498. The Hall–Kier alpha value is -1.49. The predicted octanol–water partition coefficient (Wildman–Crippen LogP) is 3.49. The Morgan fingerprint density at radius 3 is 2.94 bits per heavy atom. The molecule has 0 saturated carbocycles. The Kier molecular flexibility index (Phi) is 4.64. The summed E-state index contributed by atoms with van der Waals surface area (Å²) in [4.78, 5) is 8.78. The number of hydrogen-bond donors (Lipinski definition) is 1. The number of nitrogens with one attached hydrogen (secondary N) is 1. The number of thioether (sulfide) groups is 1. The van der Waals surface area contributed by atoms with Gasteiger partial charge >= 0.3 is 0 Å². The van der Waals surface area contributed by atoms with E-state index in [2.05, 4.69) is 22.2 Å².